The number of sulfonamides is 1. The molecule has 1 aliphatic carbocycles. The predicted octanol–water partition coefficient (Wildman–Crippen LogP) is 1.50. The van der Waals surface area contributed by atoms with E-state index in [9.17, 15) is 13.5 Å². The van der Waals surface area contributed by atoms with Crippen molar-refractivity contribution in [1.82, 2.24) is 4.72 Å². The van der Waals surface area contributed by atoms with Crippen LogP contribution in [0.5, 0.6) is 0 Å². The van der Waals surface area contributed by atoms with Crippen LogP contribution in [-0.2, 0) is 10.0 Å². The topological polar surface area (TPSA) is 66.4 Å². The Bertz CT molecular complexity index is 340. The summed E-state index contributed by atoms with van der Waals surface area (Å²) in [6.45, 7) is 5.78. The second-order valence-corrected chi connectivity index (χ2v) is 7.68. The van der Waals surface area contributed by atoms with Crippen LogP contribution < -0.4 is 4.72 Å². The molecule has 1 rings (SSSR count). The summed E-state index contributed by atoms with van der Waals surface area (Å²) in [5.41, 5.74) is -0.620. The lowest BCUT2D eigenvalue weighted by Crippen LogP contribution is -2.54. The number of aliphatic hydroxyl groups excluding tert-OH is 1. The molecule has 102 valence electrons. The summed E-state index contributed by atoms with van der Waals surface area (Å²) in [5.74, 6) is 0.699. The number of nitrogens with one attached hydrogen (secondary N) is 1. The van der Waals surface area contributed by atoms with Gasteiger partial charge in [-0.1, -0.05) is 33.6 Å². The molecule has 1 fully saturated rings. The highest BCUT2D eigenvalue weighted by atomic mass is 32.2. The van der Waals surface area contributed by atoms with Gasteiger partial charge in [-0.3, -0.25) is 0 Å². The summed E-state index contributed by atoms with van der Waals surface area (Å²) in [6.07, 6.45) is 3.57. The lowest BCUT2D eigenvalue weighted by atomic mass is 9.78. The van der Waals surface area contributed by atoms with E-state index in [1.54, 1.807) is 0 Å². The van der Waals surface area contributed by atoms with E-state index in [2.05, 4.69) is 11.6 Å². The van der Waals surface area contributed by atoms with Gasteiger partial charge in [-0.2, -0.15) is 0 Å². The minimum absolute atomic E-state index is 0.101. The van der Waals surface area contributed by atoms with Gasteiger partial charge < -0.3 is 5.11 Å². The van der Waals surface area contributed by atoms with Crippen molar-refractivity contribution in [2.75, 3.05) is 12.4 Å². The Morgan fingerprint density at radius 3 is 2.59 bits per heavy atom. The molecule has 2 N–H and O–H groups in total. The number of rotatable bonds is 5. The standard InChI is InChI=1S/C12H25NO3S/c1-10(2)8-17(15,16)13-12(9-14)6-4-5-11(3)7-12/h10-11,13-14H,4-9H2,1-3H3. The Morgan fingerprint density at radius 1 is 1.47 bits per heavy atom. The zero-order valence-corrected chi connectivity index (χ0v) is 11.9. The van der Waals surface area contributed by atoms with Crippen LogP contribution in [0.1, 0.15) is 46.5 Å². The van der Waals surface area contributed by atoms with Crippen LogP contribution >= 0.6 is 0 Å². The van der Waals surface area contributed by atoms with Gasteiger partial charge in [-0.15, -0.1) is 0 Å². The SMILES string of the molecule is CC(C)CS(=O)(=O)NC1(CO)CCCC(C)C1. The lowest BCUT2D eigenvalue weighted by molar-refractivity contribution is 0.119. The smallest absolute Gasteiger partial charge is 0.212 e. The number of hydrogen-bond donors (Lipinski definition) is 2. The Labute approximate surface area is 105 Å². The Kier molecular flexibility index (Phi) is 4.98. The zero-order valence-electron chi connectivity index (χ0n) is 11.1. The van der Waals surface area contributed by atoms with E-state index in [0.717, 1.165) is 25.7 Å². The molecule has 0 heterocycles. The molecule has 0 spiro atoms. The second-order valence-electron chi connectivity index (χ2n) is 5.92. The van der Waals surface area contributed by atoms with Crippen LogP contribution in [-0.4, -0.2) is 31.4 Å². The molecule has 0 aromatic rings. The van der Waals surface area contributed by atoms with E-state index < -0.39 is 15.6 Å². The van der Waals surface area contributed by atoms with Gasteiger partial charge in [0.15, 0.2) is 0 Å². The maximum absolute atomic E-state index is 12.0. The van der Waals surface area contributed by atoms with Crippen molar-refractivity contribution < 1.29 is 13.5 Å². The average molecular weight is 263 g/mol. The van der Waals surface area contributed by atoms with Gasteiger partial charge in [0.05, 0.1) is 17.9 Å². The predicted molar refractivity (Wildman–Crippen MR) is 69.2 cm³/mol. The maximum Gasteiger partial charge on any atom is 0.212 e. The highest BCUT2D eigenvalue weighted by Gasteiger charge is 2.37. The van der Waals surface area contributed by atoms with Gasteiger partial charge in [0, 0.05) is 0 Å². The van der Waals surface area contributed by atoms with Gasteiger partial charge in [-0.05, 0) is 24.7 Å². The molecule has 2 atom stereocenters. The normalized spacial score (nSPS) is 30.8. The molecule has 17 heavy (non-hydrogen) atoms. The van der Waals surface area contributed by atoms with Gasteiger partial charge in [0.25, 0.3) is 0 Å². The first-order chi connectivity index (χ1) is 7.79. The van der Waals surface area contributed by atoms with E-state index in [1.807, 2.05) is 13.8 Å². The van der Waals surface area contributed by atoms with Crippen molar-refractivity contribution in [3.05, 3.63) is 0 Å². The highest BCUT2D eigenvalue weighted by Crippen LogP contribution is 2.32. The van der Waals surface area contributed by atoms with Crippen molar-refractivity contribution in [2.45, 2.75) is 52.0 Å². The van der Waals surface area contributed by atoms with Crippen LogP contribution in [0, 0.1) is 11.8 Å². The van der Waals surface area contributed by atoms with Gasteiger partial charge >= 0.3 is 0 Å². The first kappa shape index (κ1) is 14.9. The Morgan fingerprint density at radius 2 is 2.12 bits per heavy atom. The van der Waals surface area contributed by atoms with Crippen LogP contribution in [0.2, 0.25) is 0 Å². The first-order valence-corrected chi connectivity index (χ1v) is 8.06. The van der Waals surface area contributed by atoms with Crippen molar-refractivity contribution >= 4 is 10.0 Å². The molecule has 0 amide bonds. The molecule has 0 aromatic carbocycles. The third-order valence-electron chi connectivity index (χ3n) is 3.32. The molecule has 0 saturated heterocycles. The average Bonchev–Trinajstić information content (AvgIpc) is 2.14. The Balaban J connectivity index is 2.74. The summed E-state index contributed by atoms with van der Waals surface area (Å²) in [4.78, 5) is 0. The third-order valence-corrected chi connectivity index (χ3v) is 5.17. The van der Waals surface area contributed by atoms with Gasteiger partial charge in [0.1, 0.15) is 0 Å². The molecule has 4 nitrogen and oxygen atoms in total. The summed E-state index contributed by atoms with van der Waals surface area (Å²) in [6, 6.07) is 0. The zero-order chi connectivity index (χ0) is 13.1. The third kappa shape index (κ3) is 4.56. The molecular formula is C12H25NO3S. The molecule has 1 saturated carbocycles. The largest absolute Gasteiger partial charge is 0.394 e. The number of hydrogen-bond acceptors (Lipinski definition) is 3. The van der Waals surface area contributed by atoms with Gasteiger partial charge in [0.2, 0.25) is 10.0 Å². The monoisotopic (exact) mass is 263 g/mol. The van der Waals surface area contributed by atoms with Crippen molar-refractivity contribution in [3.8, 4) is 0 Å². The summed E-state index contributed by atoms with van der Waals surface area (Å²) in [5, 5.41) is 9.53. The summed E-state index contributed by atoms with van der Waals surface area (Å²) in [7, 11) is -3.28. The Hall–Kier alpha value is -0.130. The van der Waals surface area contributed by atoms with E-state index >= 15 is 0 Å². The molecule has 1 aliphatic rings. The van der Waals surface area contributed by atoms with Gasteiger partial charge in [-0.25, -0.2) is 13.1 Å². The molecule has 0 bridgehead atoms. The fourth-order valence-electron chi connectivity index (χ4n) is 2.74. The fourth-order valence-corrected chi connectivity index (χ4v) is 4.61. The van der Waals surface area contributed by atoms with E-state index in [1.165, 1.54) is 0 Å². The van der Waals surface area contributed by atoms with Crippen LogP contribution in [0.25, 0.3) is 0 Å². The second kappa shape index (κ2) is 5.67. The molecule has 0 aliphatic heterocycles. The van der Waals surface area contributed by atoms with Crippen LogP contribution in [0.3, 0.4) is 0 Å². The van der Waals surface area contributed by atoms with Crippen molar-refractivity contribution in [2.24, 2.45) is 11.8 Å². The summed E-state index contributed by atoms with van der Waals surface area (Å²) < 4.78 is 26.7. The first-order valence-electron chi connectivity index (χ1n) is 6.41. The van der Waals surface area contributed by atoms with E-state index in [4.69, 9.17) is 0 Å². The summed E-state index contributed by atoms with van der Waals surface area (Å²) >= 11 is 0. The van der Waals surface area contributed by atoms with Crippen LogP contribution in [0.15, 0.2) is 0 Å². The minimum atomic E-state index is -3.28. The molecule has 0 radical (unpaired) electrons. The lowest BCUT2D eigenvalue weighted by Gasteiger charge is -2.39. The number of aliphatic hydroxyl groups is 1. The molecule has 5 heteroatoms. The molecule has 2 unspecified atom stereocenters. The highest BCUT2D eigenvalue weighted by molar-refractivity contribution is 7.89. The van der Waals surface area contributed by atoms with E-state index in [-0.39, 0.29) is 18.3 Å². The molecular weight excluding hydrogens is 238 g/mol. The van der Waals surface area contributed by atoms with Crippen molar-refractivity contribution in [3.63, 3.8) is 0 Å². The maximum atomic E-state index is 12.0. The van der Waals surface area contributed by atoms with Crippen molar-refractivity contribution in [1.29, 1.82) is 0 Å². The van der Waals surface area contributed by atoms with E-state index in [0.29, 0.717) is 5.92 Å². The quantitative estimate of drug-likeness (QED) is 0.790. The fraction of sp³-hybridized carbons (Fsp3) is 1.00. The van der Waals surface area contributed by atoms with Crippen LogP contribution in [0.4, 0.5) is 0 Å². The minimum Gasteiger partial charge on any atom is -0.394 e. The molecule has 0 aromatic heterocycles.